The molecular weight excluding hydrogens is 242 g/mol. The zero-order valence-corrected chi connectivity index (χ0v) is 10.3. The number of rotatable bonds is 3. The Morgan fingerprint density at radius 3 is 2.82 bits per heavy atom. The highest BCUT2D eigenvalue weighted by Gasteiger charge is 2.15. The third-order valence-corrected chi connectivity index (χ3v) is 2.81. The highest BCUT2D eigenvalue weighted by Crippen LogP contribution is 2.32. The molecule has 1 atom stereocenters. The summed E-state index contributed by atoms with van der Waals surface area (Å²) in [5, 5.41) is 2.79. The molecule has 0 radical (unpaired) electrons. The maximum atomic E-state index is 11.2. The number of hydrogen-bond acceptors (Lipinski definition) is 3. The monoisotopic (exact) mass is 255 g/mol. The van der Waals surface area contributed by atoms with E-state index in [4.69, 9.17) is 21.1 Å². The average molecular weight is 256 g/mol. The van der Waals surface area contributed by atoms with Crippen LogP contribution in [0.15, 0.2) is 18.2 Å². The largest absolute Gasteiger partial charge is 0.486 e. The van der Waals surface area contributed by atoms with Gasteiger partial charge in [-0.1, -0.05) is 6.07 Å². The molecule has 1 N–H and O–H groups in total. The van der Waals surface area contributed by atoms with Crippen LogP contribution in [0.2, 0.25) is 0 Å². The van der Waals surface area contributed by atoms with Crippen molar-refractivity contribution in [1.29, 1.82) is 0 Å². The van der Waals surface area contributed by atoms with E-state index in [2.05, 4.69) is 5.32 Å². The van der Waals surface area contributed by atoms with Crippen LogP contribution in [0.3, 0.4) is 0 Å². The molecule has 0 bridgehead atoms. The molecular formula is C12H14ClNO3. The van der Waals surface area contributed by atoms with Gasteiger partial charge in [-0.25, -0.2) is 0 Å². The summed E-state index contributed by atoms with van der Waals surface area (Å²) in [6.45, 7) is 3.03. The van der Waals surface area contributed by atoms with Gasteiger partial charge in [0.05, 0.1) is 6.04 Å². The predicted molar refractivity (Wildman–Crippen MR) is 64.7 cm³/mol. The van der Waals surface area contributed by atoms with E-state index in [9.17, 15) is 4.79 Å². The van der Waals surface area contributed by atoms with Gasteiger partial charge in [-0.15, -0.1) is 11.6 Å². The van der Waals surface area contributed by atoms with E-state index < -0.39 is 0 Å². The standard InChI is InChI=1S/C12H14ClNO3/c1-8(14-12(15)7-13)9-2-3-10-11(6-9)17-5-4-16-10/h2-3,6,8H,4-5,7H2,1H3,(H,14,15)/t8-/m0/s1. The molecule has 1 aliphatic heterocycles. The highest BCUT2D eigenvalue weighted by atomic mass is 35.5. The van der Waals surface area contributed by atoms with Crippen LogP contribution in [0.25, 0.3) is 0 Å². The number of carbonyl (C=O) groups excluding carboxylic acids is 1. The van der Waals surface area contributed by atoms with Crippen molar-refractivity contribution < 1.29 is 14.3 Å². The van der Waals surface area contributed by atoms with Gasteiger partial charge in [0, 0.05) is 0 Å². The first kappa shape index (κ1) is 12.0. The normalized spacial score (nSPS) is 15.2. The quantitative estimate of drug-likeness (QED) is 0.839. The Morgan fingerprint density at radius 1 is 1.41 bits per heavy atom. The summed E-state index contributed by atoms with van der Waals surface area (Å²) in [5.41, 5.74) is 0.965. The second-order valence-electron chi connectivity index (χ2n) is 3.83. The third-order valence-electron chi connectivity index (χ3n) is 2.57. The lowest BCUT2D eigenvalue weighted by Gasteiger charge is -2.20. The first-order chi connectivity index (χ1) is 8.20. The van der Waals surface area contributed by atoms with Gasteiger partial charge in [-0.3, -0.25) is 4.79 Å². The number of ether oxygens (including phenoxy) is 2. The topological polar surface area (TPSA) is 47.6 Å². The molecule has 1 aromatic rings. The number of halogens is 1. The molecule has 1 amide bonds. The molecule has 92 valence electrons. The Kier molecular flexibility index (Phi) is 3.74. The van der Waals surface area contributed by atoms with Gasteiger partial charge in [0.2, 0.25) is 5.91 Å². The molecule has 0 fully saturated rings. The van der Waals surface area contributed by atoms with Crippen LogP contribution in [0.5, 0.6) is 11.5 Å². The van der Waals surface area contributed by atoms with Crippen LogP contribution in [0, 0.1) is 0 Å². The van der Waals surface area contributed by atoms with E-state index in [-0.39, 0.29) is 17.8 Å². The number of hydrogen-bond donors (Lipinski definition) is 1. The second-order valence-corrected chi connectivity index (χ2v) is 4.09. The Labute approximate surface area is 105 Å². The highest BCUT2D eigenvalue weighted by molar-refractivity contribution is 6.27. The van der Waals surface area contributed by atoms with E-state index in [0.717, 1.165) is 17.1 Å². The van der Waals surface area contributed by atoms with E-state index >= 15 is 0 Å². The van der Waals surface area contributed by atoms with Crippen molar-refractivity contribution in [2.75, 3.05) is 19.1 Å². The summed E-state index contributed by atoms with van der Waals surface area (Å²) in [6.07, 6.45) is 0. The maximum Gasteiger partial charge on any atom is 0.235 e. The van der Waals surface area contributed by atoms with Gasteiger partial charge in [-0.05, 0) is 24.6 Å². The number of amides is 1. The van der Waals surface area contributed by atoms with Crippen LogP contribution >= 0.6 is 11.6 Å². The first-order valence-corrected chi connectivity index (χ1v) is 5.99. The van der Waals surface area contributed by atoms with E-state index in [1.807, 2.05) is 25.1 Å². The van der Waals surface area contributed by atoms with Gasteiger partial charge >= 0.3 is 0 Å². The molecule has 0 saturated heterocycles. The molecule has 4 nitrogen and oxygen atoms in total. The molecule has 1 aromatic carbocycles. The summed E-state index contributed by atoms with van der Waals surface area (Å²) < 4.78 is 10.9. The minimum atomic E-state index is -0.186. The Hall–Kier alpha value is -1.42. The number of nitrogens with one attached hydrogen (secondary N) is 1. The number of carbonyl (C=O) groups is 1. The fourth-order valence-corrected chi connectivity index (χ4v) is 1.77. The molecule has 0 aliphatic carbocycles. The van der Waals surface area contributed by atoms with Gasteiger partial charge in [0.25, 0.3) is 0 Å². The van der Waals surface area contributed by atoms with Crippen molar-refractivity contribution in [3.63, 3.8) is 0 Å². The SMILES string of the molecule is C[C@H](NC(=O)CCl)c1ccc2c(c1)OCCO2. The van der Waals surface area contributed by atoms with Crippen LogP contribution in [-0.4, -0.2) is 25.0 Å². The summed E-state index contributed by atoms with van der Waals surface area (Å²) >= 11 is 5.44. The number of fused-ring (bicyclic) bond motifs is 1. The number of benzene rings is 1. The predicted octanol–water partition coefficient (Wildman–Crippen LogP) is 1.87. The van der Waals surface area contributed by atoms with Crippen LogP contribution in [0.4, 0.5) is 0 Å². The van der Waals surface area contributed by atoms with Crippen molar-refractivity contribution in [3.8, 4) is 11.5 Å². The van der Waals surface area contributed by atoms with Crippen molar-refractivity contribution in [1.82, 2.24) is 5.32 Å². The molecule has 17 heavy (non-hydrogen) atoms. The molecule has 0 saturated carbocycles. The lowest BCUT2D eigenvalue weighted by atomic mass is 10.1. The fraction of sp³-hybridized carbons (Fsp3) is 0.417. The van der Waals surface area contributed by atoms with Gasteiger partial charge in [-0.2, -0.15) is 0 Å². The van der Waals surface area contributed by atoms with Crippen LogP contribution in [-0.2, 0) is 4.79 Å². The van der Waals surface area contributed by atoms with Gasteiger partial charge in [0.1, 0.15) is 19.1 Å². The van der Waals surface area contributed by atoms with Crippen LogP contribution < -0.4 is 14.8 Å². The Bertz CT molecular complexity index is 422. The summed E-state index contributed by atoms with van der Waals surface area (Å²) in [4.78, 5) is 11.2. The molecule has 5 heteroatoms. The molecule has 2 rings (SSSR count). The minimum absolute atomic E-state index is 0.0328. The van der Waals surface area contributed by atoms with Gasteiger partial charge in [0.15, 0.2) is 11.5 Å². The second kappa shape index (κ2) is 5.27. The molecule has 1 aliphatic rings. The average Bonchev–Trinajstić information content (AvgIpc) is 2.38. The van der Waals surface area contributed by atoms with Gasteiger partial charge < -0.3 is 14.8 Å². The van der Waals surface area contributed by atoms with Crippen molar-refractivity contribution >= 4 is 17.5 Å². The number of alkyl halides is 1. The lowest BCUT2D eigenvalue weighted by molar-refractivity contribution is -0.119. The molecule has 0 unspecified atom stereocenters. The van der Waals surface area contributed by atoms with E-state index in [1.165, 1.54) is 0 Å². The first-order valence-electron chi connectivity index (χ1n) is 5.45. The van der Waals surface area contributed by atoms with Crippen molar-refractivity contribution in [3.05, 3.63) is 23.8 Å². The zero-order chi connectivity index (χ0) is 12.3. The third kappa shape index (κ3) is 2.82. The van der Waals surface area contributed by atoms with Crippen LogP contribution in [0.1, 0.15) is 18.5 Å². The maximum absolute atomic E-state index is 11.2. The summed E-state index contributed by atoms with van der Waals surface area (Å²) in [7, 11) is 0. The Morgan fingerprint density at radius 2 is 2.12 bits per heavy atom. The summed E-state index contributed by atoms with van der Waals surface area (Å²) in [6, 6.07) is 5.55. The summed E-state index contributed by atoms with van der Waals surface area (Å²) in [5.74, 6) is 1.25. The minimum Gasteiger partial charge on any atom is -0.486 e. The Balaban J connectivity index is 2.13. The molecule has 0 aromatic heterocycles. The smallest absolute Gasteiger partial charge is 0.235 e. The van der Waals surface area contributed by atoms with E-state index in [1.54, 1.807) is 0 Å². The molecule has 1 heterocycles. The van der Waals surface area contributed by atoms with Crippen molar-refractivity contribution in [2.24, 2.45) is 0 Å². The zero-order valence-electron chi connectivity index (χ0n) is 9.53. The van der Waals surface area contributed by atoms with Crippen molar-refractivity contribution in [2.45, 2.75) is 13.0 Å². The molecule has 0 spiro atoms. The van der Waals surface area contributed by atoms with E-state index in [0.29, 0.717) is 13.2 Å². The fourth-order valence-electron chi connectivity index (χ4n) is 1.69. The lowest BCUT2D eigenvalue weighted by Crippen LogP contribution is -2.27.